The molecule has 22 heavy (non-hydrogen) atoms. The fraction of sp³-hybridized carbons (Fsp3) is 0.333. The number of benzene rings is 1. The average Bonchev–Trinajstić information content (AvgIpc) is 2.54. The number of amides is 1. The molecule has 4 nitrogen and oxygen atoms in total. The van der Waals surface area contributed by atoms with Gasteiger partial charge in [-0.05, 0) is 44.0 Å². The maximum absolute atomic E-state index is 11.9. The Morgan fingerprint density at radius 3 is 2.73 bits per heavy atom. The van der Waals surface area contributed by atoms with Gasteiger partial charge in [-0.1, -0.05) is 23.8 Å². The maximum atomic E-state index is 11.9. The van der Waals surface area contributed by atoms with Crippen LogP contribution in [-0.2, 0) is 4.79 Å². The van der Waals surface area contributed by atoms with E-state index < -0.39 is 0 Å². The lowest BCUT2D eigenvalue weighted by Gasteiger charge is -2.14. The van der Waals surface area contributed by atoms with Gasteiger partial charge in [-0.15, -0.1) is 0 Å². The minimum atomic E-state index is -0.0285. The highest BCUT2D eigenvalue weighted by molar-refractivity contribution is 5.76. The second-order valence-electron chi connectivity index (χ2n) is 5.34. The number of aryl methyl sites for hydroxylation is 1. The lowest BCUT2D eigenvalue weighted by atomic mass is 10.1. The number of carbonyl (C=O) groups excluding carboxylic acids is 1. The van der Waals surface area contributed by atoms with Crippen LogP contribution in [0.25, 0.3) is 0 Å². The van der Waals surface area contributed by atoms with Gasteiger partial charge >= 0.3 is 0 Å². The zero-order valence-corrected chi connectivity index (χ0v) is 13.1. The molecule has 2 rings (SSSR count). The number of nitrogens with zero attached hydrogens (tertiary/aromatic N) is 1. The maximum Gasteiger partial charge on any atom is 0.220 e. The van der Waals surface area contributed by atoms with E-state index in [4.69, 9.17) is 4.74 Å². The van der Waals surface area contributed by atoms with E-state index in [0.717, 1.165) is 11.3 Å². The molecule has 1 aromatic heterocycles. The van der Waals surface area contributed by atoms with E-state index in [1.807, 2.05) is 50.2 Å². The number of rotatable bonds is 7. The Kier molecular flexibility index (Phi) is 5.95. The third-order valence-corrected chi connectivity index (χ3v) is 3.40. The predicted octanol–water partition coefficient (Wildman–Crippen LogP) is 3.43. The molecule has 0 aliphatic heterocycles. The van der Waals surface area contributed by atoms with Crippen LogP contribution in [0.1, 0.15) is 36.9 Å². The van der Waals surface area contributed by atoms with Gasteiger partial charge in [0.05, 0.1) is 12.6 Å². The summed E-state index contributed by atoms with van der Waals surface area (Å²) in [4.78, 5) is 16.0. The number of hydrogen-bond acceptors (Lipinski definition) is 3. The first-order chi connectivity index (χ1) is 10.6. The second-order valence-corrected chi connectivity index (χ2v) is 5.34. The molecule has 4 heteroatoms. The smallest absolute Gasteiger partial charge is 0.220 e. The van der Waals surface area contributed by atoms with Crippen LogP contribution in [0.4, 0.5) is 0 Å². The standard InChI is InChI=1S/C18H22N2O2/c1-14-7-9-17(10-8-14)22-12-4-6-18(21)20-15(2)16-5-3-11-19-13-16/h3,5,7-11,13,15H,4,6,12H2,1-2H3,(H,20,21)/t15-/m0/s1. The van der Waals surface area contributed by atoms with Crippen LogP contribution >= 0.6 is 0 Å². The van der Waals surface area contributed by atoms with Crippen molar-refractivity contribution in [2.45, 2.75) is 32.7 Å². The van der Waals surface area contributed by atoms with Crippen molar-refractivity contribution in [3.05, 3.63) is 59.9 Å². The van der Waals surface area contributed by atoms with Crippen molar-refractivity contribution < 1.29 is 9.53 Å². The van der Waals surface area contributed by atoms with Gasteiger partial charge in [0.2, 0.25) is 5.91 Å². The fourth-order valence-corrected chi connectivity index (χ4v) is 2.09. The SMILES string of the molecule is Cc1ccc(OCCCC(=O)N[C@@H](C)c2cccnc2)cc1. The molecular weight excluding hydrogens is 276 g/mol. The van der Waals surface area contributed by atoms with Crippen molar-refractivity contribution in [1.82, 2.24) is 10.3 Å². The third kappa shape index (κ3) is 5.20. The Bertz CT molecular complexity index is 582. The van der Waals surface area contributed by atoms with Gasteiger partial charge in [0.1, 0.15) is 5.75 Å². The van der Waals surface area contributed by atoms with Crippen molar-refractivity contribution >= 4 is 5.91 Å². The van der Waals surface area contributed by atoms with Gasteiger partial charge in [-0.25, -0.2) is 0 Å². The molecule has 0 saturated heterocycles. The molecule has 0 aliphatic carbocycles. The first kappa shape index (κ1) is 16.0. The summed E-state index contributed by atoms with van der Waals surface area (Å²) in [5.41, 5.74) is 2.21. The molecule has 1 N–H and O–H groups in total. The zero-order chi connectivity index (χ0) is 15.8. The molecule has 116 valence electrons. The van der Waals surface area contributed by atoms with E-state index in [2.05, 4.69) is 10.3 Å². The molecule has 0 bridgehead atoms. The normalized spacial score (nSPS) is 11.7. The Morgan fingerprint density at radius 1 is 1.27 bits per heavy atom. The molecule has 1 heterocycles. The zero-order valence-electron chi connectivity index (χ0n) is 13.1. The molecule has 0 unspecified atom stereocenters. The molecular formula is C18H22N2O2. The van der Waals surface area contributed by atoms with Crippen LogP contribution < -0.4 is 10.1 Å². The molecule has 1 atom stereocenters. The van der Waals surface area contributed by atoms with E-state index in [-0.39, 0.29) is 11.9 Å². The predicted molar refractivity (Wildman–Crippen MR) is 86.7 cm³/mol. The quantitative estimate of drug-likeness (QED) is 0.797. The molecule has 1 amide bonds. The lowest BCUT2D eigenvalue weighted by Crippen LogP contribution is -2.26. The van der Waals surface area contributed by atoms with Crippen LogP contribution in [0.15, 0.2) is 48.8 Å². The van der Waals surface area contributed by atoms with E-state index in [9.17, 15) is 4.79 Å². The second kappa shape index (κ2) is 8.17. The Balaban J connectivity index is 1.66. The molecule has 2 aromatic rings. The summed E-state index contributed by atoms with van der Waals surface area (Å²) in [6.07, 6.45) is 4.64. The van der Waals surface area contributed by atoms with Crippen molar-refractivity contribution in [2.75, 3.05) is 6.61 Å². The lowest BCUT2D eigenvalue weighted by molar-refractivity contribution is -0.121. The van der Waals surface area contributed by atoms with Crippen molar-refractivity contribution in [2.24, 2.45) is 0 Å². The summed E-state index contributed by atoms with van der Waals surface area (Å²) in [5, 5.41) is 2.97. The highest BCUT2D eigenvalue weighted by Gasteiger charge is 2.09. The van der Waals surface area contributed by atoms with Gasteiger partial charge < -0.3 is 10.1 Å². The van der Waals surface area contributed by atoms with E-state index in [0.29, 0.717) is 19.4 Å². The monoisotopic (exact) mass is 298 g/mol. The van der Waals surface area contributed by atoms with Gasteiger partial charge in [-0.3, -0.25) is 9.78 Å². The highest BCUT2D eigenvalue weighted by Crippen LogP contribution is 2.12. The molecule has 0 fully saturated rings. The van der Waals surface area contributed by atoms with Crippen molar-refractivity contribution in [3.8, 4) is 5.75 Å². The van der Waals surface area contributed by atoms with Gasteiger partial charge in [0, 0.05) is 18.8 Å². The topological polar surface area (TPSA) is 51.2 Å². The number of carbonyl (C=O) groups is 1. The summed E-state index contributed by atoms with van der Waals surface area (Å²) in [6.45, 7) is 4.53. The Morgan fingerprint density at radius 2 is 2.05 bits per heavy atom. The Hall–Kier alpha value is -2.36. The van der Waals surface area contributed by atoms with Crippen LogP contribution in [0.2, 0.25) is 0 Å². The average molecular weight is 298 g/mol. The molecule has 0 spiro atoms. The molecule has 0 radical (unpaired) electrons. The summed E-state index contributed by atoms with van der Waals surface area (Å²) in [7, 11) is 0. The van der Waals surface area contributed by atoms with Crippen molar-refractivity contribution in [1.29, 1.82) is 0 Å². The summed E-state index contributed by atoms with van der Waals surface area (Å²) < 4.78 is 5.61. The largest absolute Gasteiger partial charge is 0.494 e. The molecule has 0 aliphatic rings. The molecule has 1 aromatic carbocycles. The fourth-order valence-electron chi connectivity index (χ4n) is 2.09. The van der Waals surface area contributed by atoms with Crippen LogP contribution in [0.5, 0.6) is 5.75 Å². The van der Waals surface area contributed by atoms with Crippen LogP contribution in [0, 0.1) is 6.92 Å². The van der Waals surface area contributed by atoms with Crippen LogP contribution in [-0.4, -0.2) is 17.5 Å². The van der Waals surface area contributed by atoms with Gasteiger partial charge in [-0.2, -0.15) is 0 Å². The first-order valence-electron chi connectivity index (χ1n) is 7.54. The third-order valence-electron chi connectivity index (χ3n) is 3.40. The van der Waals surface area contributed by atoms with Crippen LogP contribution in [0.3, 0.4) is 0 Å². The summed E-state index contributed by atoms with van der Waals surface area (Å²) in [6, 6.07) is 11.7. The van der Waals surface area contributed by atoms with Crippen molar-refractivity contribution in [3.63, 3.8) is 0 Å². The molecule has 0 saturated carbocycles. The minimum Gasteiger partial charge on any atom is -0.494 e. The van der Waals surface area contributed by atoms with E-state index in [1.54, 1.807) is 12.4 Å². The number of pyridine rings is 1. The highest BCUT2D eigenvalue weighted by atomic mass is 16.5. The summed E-state index contributed by atoms with van der Waals surface area (Å²) >= 11 is 0. The Labute approximate surface area is 131 Å². The van der Waals surface area contributed by atoms with Gasteiger partial charge in [0.15, 0.2) is 0 Å². The summed E-state index contributed by atoms with van der Waals surface area (Å²) in [5.74, 6) is 0.874. The van der Waals surface area contributed by atoms with E-state index in [1.165, 1.54) is 5.56 Å². The number of ether oxygens (including phenoxy) is 1. The number of aromatic nitrogens is 1. The minimum absolute atomic E-state index is 0.0285. The van der Waals surface area contributed by atoms with E-state index >= 15 is 0 Å². The first-order valence-corrected chi connectivity index (χ1v) is 7.54. The number of hydrogen-bond donors (Lipinski definition) is 1. The number of nitrogens with one attached hydrogen (secondary N) is 1. The van der Waals surface area contributed by atoms with Gasteiger partial charge in [0.25, 0.3) is 0 Å².